The molecule has 0 spiro atoms. The van der Waals surface area contributed by atoms with Gasteiger partial charge in [0.05, 0.1) is 102 Å². The molecule has 7 N–H and O–H groups in total. The molecular formula is C84H106BBr5F7N17O12. The minimum absolute atomic E-state index is 0.0339. The number of hydrogen-bond acceptors (Lipinski definition) is 24. The van der Waals surface area contributed by atoms with E-state index >= 15 is 0 Å². The van der Waals surface area contributed by atoms with Crippen molar-refractivity contribution in [1.29, 1.82) is 0 Å². The molecule has 0 bridgehead atoms. The van der Waals surface area contributed by atoms with Gasteiger partial charge in [-0.2, -0.15) is 13.2 Å². The minimum atomic E-state index is -1.19. The Labute approximate surface area is 770 Å². The van der Waals surface area contributed by atoms with Crippen LogP contribution >= 0.6 is 79.6 Å². The standard InChI is InChI=1S/C17H26BFN2O3.C15H17BrFN3O.C15H19FN4O.C11H12BrFN2O3.C11H14BrFN2O.C6H2BrF2NO2.C5H11NO.C4H5BrN2/c1-16(2)17(3,4)24-18(23-16)11-8-13(19)15(20)14(9-11)21-7-6-12(10-21)22-5;1-19-6-4-18-15(19)10-7-12(17)14(16)13(8-10)20-5-3-11(9-20)21-2;1-19-6-4-18-15(19)10-7-12(16)14(17)13(8-10)20-5-3-11(9-20)21-2;1-18-8-2-3-14(6-8)10-5-7(12)4-9(13)11(10)15(16)17;1-16-8-2-3-15(6-8)10-5-7(12)4-9(13)11(10)14;7-3-1-4(8)6(10(11)12)5(9)2-3;1-7-5-2-3-6-4-5;1-7-3-2-6-4(7)5/h8-9,12H,6-7,10,20H2,1-5H3;4,6-8,11H,3,5,9H2,1-2H3;4,6-8,11H,3,5,9,17H2,1-2H3;4-5,8H,2-3,6H2,1H3;4-5,8H,2-3,6,14H2,1H3;1-2H;5-6H,2-4H2,1H3;2-3H,1H3/t12-;2*11-;2*8-;;5-;/m11111.1./s1. The van der Waals surface area contributed by atoms with Crippen LogP contribution in [0.15, 0.2) is 133 Å². The van der Waals surface area contributed by atoms with Crippen molar-refractivity contribution in [3.63, 3.8) is 0 Å². The number of ether oxygens (including phenoxy) is 6. The zero-order valence-corrected chi connectivity index (χ0v) is 80.1. The molecule has 686 valence electrons. The summed E-state index contributed by atoms with van der Waals surface area (Å²) in [6.07, 6.45) is 17.6. The summed E-state index contributed by atoms with van der Waals surface area (Å²) >= 11 is 15.8. The number of nitrogens with zero attached hydrogens (tertiary/aromatic N) is 13. The van der Waals surface area contributed by atoms with E-state index < -0.39 is 68.6 Å². The van der Waals surface area contributed by atoms with Gasteiger partial charge in [-0.25, -0.2) is 32.5 Å². The van der Waals surface area contributed by atoms with E-state index in [1.54, 1.807) is 72.2 Å². The van der Waals surface area contributed by atoms with Crippen molar-refractivity contribution >= 4 is 149 Å². The molecule has 0 radical (unpaired) electrons. The number of anilines is 8. The highest BCUT2D eigenvalue weighted by molar-refractivity contribution is 9.11. The van der Waals surface area contributed by atoms with Gasteiger partial charge in [0.2, 0.25) is 17.5 Å². The van der Waals surface area contributed by atoms with Gasteiger partial charge in [-0.05, 0) is 183 Å². The highest BCUT2D eigenvalue weighted by atomic mass is 79.9. The number of nitrogens with one attached hydrogen (secondary N) is 1. The van der Waals surface area contributed by atoms with E-state index in [4.69, 9.17) is 54.9 Å². The van der Waals surface area contributed by atoms with Gasteiger partial charge >= 0.3 is 18.5 Å². The molecule has 16 rings (SSSR count). The number of aryl methyl sites for hydroxylation is 3. The number of methoxy groups -OCH3 is 6. The Morgan fingerprint density at radius 1 is 0.429 bits per heavy atom. The maximum Gasteiger partial charge on any atom is 0.495 e. The van der Waals surface area contributed by atoms with Crippen molar-refractivity contribution in [2.24, 2.45) is 21.1 Å². The number of nitro benzene ring substituents is 2. The number of benzene rings is 6. The molecular weight excluding hydrogens is 1980 g/mol. The summed E-state index contributed by atoms with van der Waals surface area (Å²) in [6, 6.07) is 17.7. The molecule has 3 aromatic heterocycles. The first-order valence-corrected chi connectivity index (χ1v) is 44.1. The summed E-state index contributed by atoms with van der Waals surface area (Å²) in [7, 11) is 15.3. The molecule has 10 heterocycles. The summed E-state index contributed by atoms with van der Waals surface area (Å²) in [5.74, 6) is -3.24. The van der Waals surface area contributed by atoms with Crippen molar-refractivity contribution in [2.75, 3.05) is 163 Å². The average molecular weight is 2090 g/mol. The molecule has 42 heteroatoms. The summed E-state index contributed by atoms with van der Waals surface area (Å²) in [6.45, 7) is 17.5. The monoisotopic (exact) mass is 2080 g/mol. The van der Waals surface area contributed by atoms with Crippen molar-refractivity contribution in [3.8, 4) is 22.8 Å². The van der Waals surface area contributed by atoms with Crippen LogP contribution in [0.4, 0.5) is 87.6 Å². The van der Waals surface area contributed by atoms with E-state index in [-0.39, 0.29) is 63.7 Å². The zero-order valence-electron chi connectivity index (χ0n) is 72.1. The van der Waals surface area contributed by atoms with Crippen LogP contribution in [-0.4, -0.2) is 215 Å². The third-order valence-electron chi connectivity index (χ3n) is 22.6. The normalized spacial score (nSPS) is 19.6. The number of aromatic nitrogens is 6. The van der Waals surface area contributed by atoms with Gasteiger partial charge in [0, 0.05) is 198 Å². The Bertz CT molecular complexity index is 5000. The van der Waals surface area contributed by atoms with E-state index in [0.717, 1.165) is 148 Å². The highest BCUT2D eigenvalue weighted by Gasteiger charge is 2.52. The summed E-state index contributed by atoms with van der Waals surface area (Å²) in [4.78, 5) is 41.8. The van der Waals surface area contributed by atoms with E-state index in [2.05, 4.69) is 120 Å². The zero-order chi connectivity index (χ0) is 92.3. The molecule has 7 saturated heterocycles. The van der Waals surface area contributed by atoms with Gasteiger partial charge in [0.15, 0.2) is 4.73 Å². The fourth-order valence-corrected chi connectivity index (χ4v) is 16.6. The number of nitro groups is 2. The smallest absolute Gasteiger partial charge is 0.399 e. The first-order chi connectivity index (χ1) is 59.7. The highest BCUT2D eigenvalue weighted by Crippen LogP contribution is 2.42. The van der Waals surface area contributed by atoms with E-state index in [1.165, 1.54) is 30.7 Å². The second-order valence-corrected chi connectivity index (χ2v) is 35.6. The van der Waals surface area contributed by atoms with Crippen molar-refractivity contribution in [3.05, 3.63) is 194 Å². The number of nitrogens with two attached hydrogens (primary N) is 3. The fourth-order valence-electron chi connectivity index (χ4n) is 14.6. The van der Waals surface area contributed by atoms with Crippen LogP contribution < -0.4 is 52.5 Å². The summed E-state index contributed by atoms with van der Waals surface area (Å²) in [5.41, 5.74) is 21.1. The third kappa shape index (κ3) is 26.3. The number of hydrogen-bond donors (Lipinski definition) is 4. The molecule has 7 aliphatic rings. The Morgan fingerprint density at radius 3 is 1.11 bits per heavy atom. The van der Waals surface area contributed by atoms with Gasteiger partial charge in [-0.15, -0.1) is 0 Å². The lowest BCUT2D eigenvalue weighted by molar-refractivity contribution is -0.390. The topological polar surface area (TPSA) is 320 Å². The quantitative estimate of drug-likeness (QED) is 0.0230. The van der Waals surface area contributed by atoms with Crippen LogP contribution in [-0.2, 0) is 58.9 Å². The molecule has 0 aliphatic carbocycles. The van der Waals surface area contributed by atoms with Gasteiger partial charge in [0.25, 0.3) is 0 Å². The van der Waals surface area contributed by atoms with Crippen LogP contribution in [0.2, 0.25) is 0 Å². The Kier molecular flexibility index (Phi) is 37.3. The molecule has 0 amide bonds. The predicted octanol–water partition coefficient (Wildman–Crippen LogP) is 16.1. The van der Waals surface area contributed by atoms with E-state index in [0.29, 0.717) is 61.7 Å². The predicted molar refractivity (Wildman–Crippen MR) is 493 cm³/mol. The molecule has 29 nitrogen and oxygen atoms in total. The first kappa shape index (κ1) is 102. The number of imidazole rings is 3. The summed E-state index contributed by atoms with van der Waals surface area (Å²) < 4.78 is 147. The largest absolute Gasteiger partial charge is 0.495 e. The molecule has 0 unspecified atom stereocenters. The number of rotatable bonds is 16. The van der Waals surface area contributed by atoms with E-state index in [1.807, 2.05) is 105 Å². The van der Waals surface area contributed by atoms with Crippen molar-refractivity contribution < 1.29 is 78.3 Å². The SMILES string of the molecule is CO[C@@H]1CCN(c2cc(-c3nccn3C)cc(F)c2Br)C1.CO[C@@H]1CCN(c2cc(-c3nccn3C)cc(F)c2N)C1.CO[C@@H]1CCN(c2cc(B3OC(C)(C)C(C)(C)O3)cc(F)c2N)C1.CO[C@@H]1CCN(c2cc(Br)cc(F)c2N)C1.CO[C@@H]1CCN(c2cc(Br)cc(F)c2[N+](=O)[O-])C1.CO[C@@H]1CCNC1.Cn1ccnc1Br.O=[N+]([O-])c1c(F)cc(Br)cc1F. The number of halogens is 12. The van der Waals surface area contributed by atoms with Gasteiger partial charge in [-0.3, -0.25) is 20.2 Å². The van der Waals surface area contributed by atoms with Crippen LogP contribution in [0.1, 0.15) is 66.2 Å². The second-order valence-electron chi connectivity index (χ2n) is 31.4. The fraction of sp³-hybridized carbons (Fsp3) is 0.464. The van der Waals surface area contributed by atoms with Gasteiger partial charge in [-0.1, -0.05) is 47.8 Å². The first-order valence-electron chi connectivity index (χ1n) is 40.1. The minimum Gasteiger partial charge on any atom is -0.399 e. The lowest BCUT2D eigenvalue weighted by Crippen LogP contribution is -2.41. The van der Waals surface area contributed by atoms with Crippen LogP contribution in [0.25, 0.3) is 22.8 Å². The Hall–Kier alpha value is -8.24. The third-order valence-corrected chi connectivity index (χ3v) is 25.5. The maximum absolute atomic E-state index is 14.4. The van der Waals surface area contributed by atoms with Crippen LogP contribution in [0.5, 0.6) is 0 Å². The van der Waals surface area contributed by atoms with Crippen LogP contribution in [0, 0.1) is 60.9 Å². The van der Waals surface area contributed by atoms with Crippen molar-refractivity contribution in [1.82, 2.24) is 34.0 Å². The Morgan fingerprint density at radius 2 is 0.762 bits per heavy atom. The molecule has 7 aliphatic heterocycles. The second kappa shape index (κ2) is 46.3. The van der Waals surface area contributed by atoms with Crippen LogP contribution in [0.3, 0.4) is 0 Å². The molecule has 9 aromatic rings. The molecule has 7 fully saturated rings. The number of nitrogen functional groups attached to an aromatic ring is 3. The molecule has 0 saturated carbocycles. The molecule has 126 heavy (non-hydrogen) atoms. The molecule has 6 aromatic carbocycles. The lowest BCUT2D eigenvalue weighted by Gasteiger charge is -2.32. The van der Waals surface area contributed by atoms with E-state index in [9.17, 15) is 51.0 Å². The average Bonchev–Trinajstić information content (AvgIpc) is 1.61. The van der Waals surface area contributed by atoms with Gasteiger partial charge in [0.1, 0.15) is 40.6 Å². The molecule has 6 atom stereocenters. The lowest BCUT2D eigenvalue weighted by atomic mass is 9.78. The maximum atomic E-state index is 14.4. The van der Waals surface area contributed by atoms with Gasteiger partial charge < -0.3 is 98.4 Å². The summed E-state index contributed by atoms with van der Waals surface area (Å²) in [5, 5.41) is 24.2. The van der Waals surface area contributed by atoms with Crippen molar-refractivity contribution in [2.45, 2.75) is 114 Å². The Balaban J connectivity index is 0.000000167.